The van der Waals surface area contributed by atoms with Crippen molar-refractivity contribution in [1.82, 2.24) is 20.3 Å². The van der Waals surface area contributed by atoms with E-state index < -0.39 is 17.7 Å². The average molecular weight is 378 g/mol. The highest BCUT2D eigenvalue weighted by Crippen LogP contribution is 2.22. The number of nitrogens with zero attached hydrogens (tertiary/aromatic N) is 2. The molecule has 1 atom stereocenters. The maximum atomic E-state index is 12.9. The average Bonchev–Trinajstić information content (AvgIpc) is 3.26. The molecule has 0 saturated carbocycles. The van der Waals surface area contributed by atoms with E-state index in [1.807, 2.05) is 48.0 Å². The van der Waals surface area contributed by atoms with Crippen LogP contribution in [0.2, 0.25) is 0 Å². The first-order valence-corrected chi connectivity index (χ1v) is 9.28. The molecule has 7 nitrogen and oxygen atoms in total. The van der Waals surface area contributed by atoms with Crippen LogP contribution in [0.15, 0.2) is 48.5 Å². The highest BCUT2D eigenvalue weighted by Gasteiger charge is 2.32. The minimum absolute atomic E-state index is 0.0562. The Morgan fingerprint density at radius 3 is 2.39 bits per heavy atom. The molecule has 2 amide bonds. The van der Waals surface area contributed by atoms with Crippen LogP contribution < -0.4 is 10.8 Å². The van der Waals surface area contributed by atoms with E-state index >= 15 is 0 Å². The van der Waals surface area contributed by atoms with Gasteiger partial charge in [-0.05, 0) is 36.1 Å². The molecule has 1 aromatic heterocycles. The number of carbonyl (C=O) groups is 2. The smallest absolute Gasteiger partial charge is 0.256 e. The predicted molar refractivity (Wildman–Crippen MR) is 104 cm³/mol. The molecular weight excluding hydrogens is 356 g/mol. The summed E-state index contributed by atoms with van der Waals surface area (Å²) in [5, 5.41) is 12.1. The van der Waals surface area contributed by atoms with Crippen molar-refractivity contribution in [3.8, 4) is 0 Å². The van der Waals surface area contributed by atoms with Gasteiger partial charge in [0.15, 0.2) is 0 Å². The van der Waals surface area contributed by atoms with Crippen LogP contribution >= 0.6 is 0 Å². The number of hydrogen-bond donors (Lipinski definition) is 3. The number of nitrogens with one attached hydrogen (secondary N) is 2. The van der Waals surface area contributed by atoms with Gasteiger partial charge in [0.2, 0.25) is 5.91 Å². The number of amides is 2. The lowest BCUT2D eigenvalue weighted by Gasteiger charge is -2.18. The van der Waals surface area contributed by atoms with Crippen molar-refractivity contribution < 1.29 is 14.8 Å². The molecule has 0 saturated heterocycles. The number of hydroxylamine groups is 1. The van der Waals surface area contributed by atoms with E-state index in [4.69, 9.17) is 5.21 Å². The summed E-state index contributed by atoms with van der Waals surface area (Å²) >= 11 is 0. The Labute approximate surface area is 162 Å². The summed E-state index contributed by atoms with van der Waals surface area (Å²) in [5.74, 6) is -1.60. The van der Waals surface area contributed by atoms with E-state index in [0.717, 1.165) is 23.9 Å². The summed E-state index contributed by atoms with van der Waals surface area (Å²) < 4.78 is 1.87. The van der Waals surface area contributed by atoms with E-state index in [0.29, 0.717) is 5.82 Å². The summed E-state index contributed by atoms with van der Waals surface area (Å²) in [6.07, 6.45) is 1.58. The molecule has 0 spiro atoms. The van der Waals surface area contributed by atoms with Crippen LogP contribution in [0.1, 0.15) is 17.0 Å². The van der Waals surface area contributed by atoms with Crippen molar-refractivity contribution in [3.05, 3.63) is 65.5 Å². The second-order valence-corrected chi connectivity index (χ2v) is 7.19. The summed E-state index contributed by atoms with van der Waals surface area (Å²) in [4.78, 5) is 29.6. The Bertz CT molecular complexity index is 1020. The van der Waals surface area contributed by atoms with E-state index in [2.05, 4.69) is 22.4 Å². The Balaban J connectivity index is 1.52. The number of benzene rings is 2. The molecule has 0 fully saturated rings. The third-order valence-corrected chi connectivity index (χ3v) is 5.41. The number of carbonyl (C=O) groups excluding carboxylic acids is 2. The first-order valence-electron chi connectivity index (χ1n) is 9.28. The standard InChI is InChI=1S/C21H22N4O3/c1-25-18-9-5-4-8-17(18)23-19(25)12-16(21(27)24-28)20(26)22-15-10-13-6-2-3-7-14(13)11-15/h2-9,15-16,28H,10-12H2,1H3,(H,22,26)(H,24,27). The number of imidazole rings is 1. The Morgan fingerprint density at radius 2 is 1.75 bits per heavy atom. The molecule has 0 bridgehead atoms. The number of fused-ring (bicyclic) bond motifs is 2. The molecule has 1 unspecified atom stereocenters. The van der Waals surface area contributed by atoms with Crippen LogP contribution in [-0.2, 0) is 35.9 Å². The highest BCUT2D eigenvalue weighted by molar-refractivity contribution is 6.00. The summed E-state index contributed by atoms with van der Waals surface area (Å²) in [5.41, 5.74) is 5.78. The van der Waals surface area contributed by atoms with Gasteiger partial charge in [0, 0.05) is 19.5 Å². The van der Waals surface area contributed by atoms with Gasteiger partial charge in [-0.1, -0.05) is 36.4 Å². The van der Waals surface area contributed by atoms with E-state index in [1.165, 1.54) is 11.1 Å². The van der Waals surface area contributed by atoms with Gasteiger partial charge in [0.1, 0.15) is 11.7 Å². The fourth-order valence-electron chi connectivity index (χ4n) is 3.91. The zero-order chi connectivity index (χ0) is 19.7. The lowest BCUT2D eigenvalue weighted by molar-refractivity contribution is -0.141. The van der Waals surface area contributed by atoms with Crippen LogP contribution in [-0.4, -0.2) is 32.6 Å². The molecule has 1 aliphatic carbocycles. The van der Waals surface area contributed by atoms with Gasteiger partial charge in [-0.2, -0.15) is 0 Å². The normalized spacial score (nSPS) is 14.6. The van der Waals surface area contributed by atoms with Gasteiger partial charge in [0.05, 0.1) is 11.0 Å². The molecule has 3 aromatic rings. The lowest BCUT2D eigenvalue weighted by Crippen LogP contribution is -2.46. The molecular formula is C21H22N4O3. The molecule has 144 valence electrons. The Morgan fingerprint density at radius 1 is 1.11 bits per heavy atom. The van der Waals surface area contributed by atoms with Crippen LogP contribution in [0.5, 0.6) is 0 Å². The molecule has 1 heterocycles. The molecule has 0 radical (unpaired) electrons. The van der Waals surface area contributed by atoms with Gasteiger partial charge < -0.3 is 9.88 Å². The fourth-order valence-corrected chi connectivity index (χ4v) is 3.91. The van der Waals surface area contributed by atoms with E-state index in [1.54, 1.807) is 5.48 Å². The number of para-hydroxylation sites is 2. The van der Waals surface area contributed by atoms with Crippen molar-refractivity contribution in [3.63, 3.8) is 0 Å². The van der Waals surface area contributed by atoms with Gasteiger partial charge in [-0.3, -0.25) is 14.8 Å². The first kappa shape index (κ1) is 18.2. The van der Waals surface area contributed by atoms with Crippen LogP contribution in [0.25, 0.3) is 11.0 Å². The fraction of sp³-hybridized carbons (Fsp3) is 0.286. The van der Waals surface area contributed by atoms with E-state index in [-0.39, 0.29) is 12.5 Å². The zero-order valence-corrected chi connectivity index (χ0v) is 15.6. The predicted octanol–water partition coefficient (Wildman–Crippen LogP) is 1.52. The van der Waals surface area contributed by atoms with Crippen molar-refractivity contribution in [1.29, 1.82) is 0 Å². The third-order valence-electron chi connectivity index (χ3n) is 5.41. The van der Waals surface area contributed by atoms with Crippen LogP contribution in [0.4, 0.5) is 0 Å². The maximum Gasteiger partial charge on any atom is 0.256 e. The second-order valence-electron chi connectivity index (χ2n) is 7.19. The van der Waals surface area contributed by atoms with Gasteiger partial charge in [-0.25, -0.2) is 10.5 Å². The molecule has 4 rings (SSSR count). The minimum Gasteiger partial charge on any atom is -0.352 e. The first-order chi connectivity index (χ1) is 13.6. The summed E-state index contributed by atoms with van der Waals surface area (Å²) in [7, 11) is 1.85. The molecule has 0 aliphatic heterocycles. The topological polar surface area (TPSA) is 96.3 Å². The van der Waals surface area contributed by atoms with E-state index in [9.17, 15) is 9.59 Å². The second kappa shape index (κ2) is 7.44. The number of rotatable bonds is 5. The SMILES string of the molecule is Cn1c(CC(C(=O)NO)C(=O)NC2Cc3ccccc3C2)nc2ccccc21. The van der Waals surface area contributed by atoms with Gasteiger partial charge in [-0.15, -0.1) is 0 Å². The Hall–Kier alpha value is -3.19. The van der Waals surface area contributed by atoms with Crippen molar-refractivity contribution >= 4 is 22.8 Å². The third kappa shape index (κ3) is 3.36. The van der Waals surface area contributed by atoms with Crippen LogP contribution in [0.3, 0.4) is 0 Å². The molecule has 3 N–H and O–H groups in total. The van der Waals surface area contributed by atoms with Gasteiger partial charge >= 0.3 is 0 Å². The van der Waals surface area contributed by atoms with Crippen molar-refractivity contribution in [2.75, 3.05) is 0 Å². The monoisotopic (exact) mass is 378 g/mol. The maximum absolute atomic E-state index is 12.9. The number of aryl methyl sites for hydroxylation is 1. The summed E-state index contributed by atoms with van der Waals surface area (Å²) in [6, 6.07) is 15.6. The minimum atomic E-state index is -1.07. The summed E-state index contributed by atoms with van der Waals surface area (Å²) in [6.45, 7) is 0. The molecule has 7 heteroatoms. The largest absolute Gasteiger partial charge is 0.352 e. The molecule has 1 aliphatic rings. The molecule has 28 heavy (non-hydrogen) atoms. The zero-order valence-electron chi connectivity index (χ0n) is 15.6. The highest BCUT2D eigenvalue weighted by atomic mass is 16.5. The Kier molecular flexibility index (Phi) is 4.83. The number of hydrogen-bond acceptors (Lipinski definition) is 4. The van der Waals surface area contributed by atoms with Crippen molar-refractivity contribution in [2.45, 2.75) is 25.3 Å². The van der Waals surface area contributed by atoms with Gasteiger partial charge in [0.25, 0.3) is 5.91 Å². The van der Waals surface area contributed by atoms with Crippen molar-refractivity contribution in [2.24, 2.45) is 13.0 Å². The lowest BCUT2D eigenvalue weighted by atomic mass is 10.0. The quantitative estimate of drug-likeness (QED) is 0.356. The molecule has 2 aromatic carbocycles. The van der Waals surface area contributed by atoms with Crippen LogP contribution in [0, 0.1) is 5.92 Å². The number of aromatic nitrogens is 2.